The van der Waals surface area contributed by atoms with Crippen LogP contribution < -0.4 is 24.8 Å². The lowest BCUT2D eigenvalue weighted by Gasteiger charge is -2.15. The van der Waals surface area contributed by atoms with Gasteiger partial charge >= 0.3 is 11.9 Å². The monoisotopic (exact) mass is 652 g/mol. The fourth-order valence-corrected chi connectivity index (χ4v) is 4.79. The van der Waals surface area contributed by atoms with E-state index in [0.717, 1.165) is 12.8 Å². The van der Waals surface area contributed by atoms with Gasteiger partial charge in [0.05, 0.1) is 19.3 Å². The van der Waals surface area contributed by atoms with Crippen molar-refractivity contribution in [3.8, 4) is 17.2 Å². The molecule has 0 heterocycles. The number of aliphatic carboxylic acids is 1. The summed E-state index contributed by atoms with van der Waals surface area (Å²) >= 11 is 0. The summed E-state index contributed by atoms with van der Waals surface area (Å²) in [7, 11) is 1.51. The highest BCUT2D eigenvalue weighted by molar-refractivity contribution is 6.05. The molecular weight excluding hydrogens is 612 g/mol. The third-order valence-electron chi connectivity index (χ3n) is 7.52. The Kier molecular flexibility index (Phi) is 13.1. The molecule has 0 fully saturated rings. The first-order chi connectivity index (χ1) is 23.2. The van der Waals surface area contributed by atoms with Crippen LogP contribution in [0.5, 0.6) is 17.2 Å². The Balaban J connectivity index is 1.26. The summed E-state index contributed by atoms with van der Waals surface area (Å²) in [4.78, 5) is 50.1. The van der Waals surface area contributed by atoms with Crippen LogP contribution in [0.2, 0.25) is 0 Å². The Morgan fingerprint density at radius 2 is 1.38 bits per heavy atom. The van der Waals surface area contributed by atoms with Gasteiger partial charge in [-0.05, 0) is 90.8 Å². The predicted octanol–water partition coefficient (Wildman–Crippen LogP) is 6.94. The van der Waals surface area contributed by atoms with Crippen LogP contribution in [0.4, 0.5) is 5.69 Å². The van der Waals surface area contributed by atoms with E-state index >= 15 is 0 Å². The maximum absolute atomic E-state index is 12.9. The van der Waals surface area contributed by atoms with Crippen molar-refractivity contribution in [1.29, 1.82) is 0 Å². The molecule has 4 aromatic carbocycles. The van der Waals surface area contributed by atoms with Crippen LogP contribution in [-0.2, 0) is 11.2 Å². The van der Waals surface area contributed by atoms with Gasteiger partial charge in [0, 0.05) is 23.2 Å². The summed E-state index contributed by atoms with van der Waals surface area (Å²) < 4.78 is 16.4. The number of hydrogen-bond acceptors (Lipinski definition) is 7. The van der Waals surface area contributed by atoms with E-state index in [9.17, 15) is 24.3 Å². The van der Waals surface area contributed by atoms with Crippen molar-refractivity contribution in [3.05, 3.63) is 119 Å². The van der Waals surface area contributed by atoms with Crippen molar-refractivity contribution in [2.45, 2.75) is 51.5 Å². The van der Waals surface area contributed by atoms with Gasteiger partial charge in [0.2, 0.25) is 0 Å². The van der Waals surface area contributed by atoms with Gasteiger partial charge in [-0.15, -0.1) is 0 Å². The molecule has 0 spiro atoms. The Hall–Kier alpha value is -5.64. The fourth-order valence-electron chi connectivity index (χ4n) is 4.79. The fraction of sp³-hybridized carbons (Fsp3) is 0.263. The minimum atomic E-state index is -1.21. The summed E-state index contributed by atoms with van der Waals surface area (Å²) in [5, 5.41) is 15.1. The number of carbonyl (C=O) groups is 4. The van der Waals surface area contributed by atoms with Crippen LogP contribution >= 0.6 is 0 Å². The van der Waals surface area contributed by atoms with Gasteiger partial charge in [-0.2, -0.15) is 0 Å². The molecule has 0 radical (unpaired) electrons. The summed E-state index contributed by atoms with van der Waals surface area (Å²) in [6.07, 6.45) is 5.76. The first-order valence-electron chi connectivity index (χ1n) is 15.9. The van der Waals surface area contributed by atoms with Gasteiger partial charge < -0.3 is 30.0 Å². The van der Waals surface area contributed by atoms with E-state index in [2.05, 4.69) is 17.6 Å². The topological polar surface area (TPSA) is 140 Å². The number of methoxy groups -OCH3 is 1. The van der Waals surface area contributed by atoms with Crippen molar-refractivity contribution in [2.24, 2.45) is 0 Å². The van der Waals surface area contributed by atoms with E-state index in [1.165, 1.54) is 38.5 Å². The van der Waals surface area contributed by atoms with Crippen LogP contribution in [0.15, 0.2) is 97.1 Å². The number of carbonyl (C=O) groups excluding carboxylic acids is 3. The van der Waals surface area contributed by atoms with Gasteiger partial charge in [-0.1, -0.05) is 50.8 Å². The molecule has 0 aliphatic heterocycles. The summed E-state index contributed by atoms with van der Waals surface area (Å²) in [6, 6.07) is 24.8. The first-order valence-corrected chi connectivity index (χ1v) is 15.9. The zero-order valence-electron chi connectivity index (χ0n) is 27.1. The lowest BCUT2D eigenvalue weighted by atomic mass is 10.0. The van der Waals surface area contributed by atoms with E-state index < -0.39 is 23.9 Å². The molecule has 10 nitrogen and oxygen atoms in total. The standard InChI is InChI=1S/C38H40N2O8/c1-3-4-5-6-7-23-47-31-21-15-28(16-22-31)38(45)48-32-19-11-26(12-20-32)24-34(37(43)44)40-35(41)27-13-17-30(18-14-27)39-36(42)29-9-8-10-33(25-29)46-2/h8-22,25,34H,3-7,23-24H2,1-2H3,(H,39,42)(H,40,41)(H,43,44)/t34-/m0/s1. The number of carboxylic acid groups (broad SMARTS) is 1. The number of carboxylic acids is 1. The van der Waals surface area contributed by atoms with Gasteiger partial charge in [-0.3, -0.25) is 9.59 Å². The third-order valence-corrected chi connectivity index (χ3v) is 7.52. The molecule has 0 unspecified atom stereocenters. The smallest absolute Gasteiger partial charge is 0.343 e. The maximum atomic E-state index is 12.9. The lowest BCUT2D eigenvalue weighted by Crippen LogP contribution is -2.42. The van der Waals surface area contributed by atoms with Crippen molar-refractivity contribution in [1.82, 2.24) is 5.32 Å². The molecule has 250 valence electrons. The Bertz CT molecular complexity index is 1670. The van der Waals surface area contributed by atoms with Gasteiger partial charge in [0.1, 0.15) is 23.3 Å². The number of benzene rings is 4. The van der Waals surface area contributed by atoms with Gasteiger partial charge in [0.25, 0.3) is 11.8 Å². The number of rotatable bonds is 17. The average Bonchev–Trinajstić information content (AvgIpc) is 3.10. The van der Waals surface area contributed by atoms with Crippen molar-refractivity contribution in [3.63, 3.8) is 0 Å². The molecule has 4 rings (SSSR count). The van der Waals surface area contributed by atoms with Crippen LogP contribution in [-0.4, -0.2) is 48.6 Å². The minimum absolute atomic E-state index is 0.00401. The Labute approximate surface area is 280 Å². The minimum Gasteiger partial charge on any atom is -0.497 e. The first kappa shape index (κ1) is 35.2. The van der Waals surface area contributed by atoms with Crippen LogP contribution in [0.1, 0.15) is 75.7 Å². The van der Waals surface area contributed by atoms with Crippen LogP contribution in [0.25, 0.3) is 0 Å². The van der Waals surface area contributed by atoms with Crippen molar-refractivity contribution >= 4 is 29.4 Å². The second-order valence-electron chi connectivity index (χ2n) is 11.2. The van der Waals surface area contributed by atoms with E-state index in [4.69, 9.17) is 14.2 Å². The summed E-state index contributed by atoms with van der Waals surface area (Å²) in [5.74, 6) is -1.13. The number of hydrogen-bond donors (Lipinski definition) is 3. The molecular formula is C38H40N2O8. The molecule has 3 N–H and O–H groups in total. The second kappa shape index (κ2) is 17.9. The zero-order chi connectivity index (χ0) is 34.3. The molecule has 0 saturated carbocycles. The molecule has 10 heteroatoms. The Morgan fingerprint density at radius 3 is 2.04 bits per heavy atom. The predicted molar refractivity (Wildman–Crippen MR) is 182 cm³/mol. The Morgan fingerprint density at radius 1 is 0.708 bits per heavy atom. The van der Waals surface area contributed by atoms with E-state index in [-0.39, 0.29) is 17.9 Å². The van der Waals surface area contributed by atoms with E-state index in [0.29, 0.717) is 46.2 Å². The number of anilines is 1. The molecule has 0 aliphatic rings. The number of unbranched alkanes of at least 4 members (excludes halogenated alkanes) is 4. The van der Waals surface area contributed by atoms with E-state index in [1.54, 1.807) is 84.9 Å². The molecule has 0 saturated heterocycles. The largest absolute Gasteiger partial charge is 0.497 e. The van der Waals surface area contributed by atoms with E-state index in [1.807, 2.05) is 0 Å². The highest BCUT2D eigenvalue weighted by Crippen LogP contribution is 2.19. The quantitative estimate of drug-likeness (QED) is 0.0633. The van der Waals surface area contributed by atoms with Gasteiger partial charge in [-0.25, -0.2) is 9.59 Å². The summed E-state index contributed by atoms with van der Waals surface area (Å²) in [6.45, 7) is 2.81. The van der Waals surface area contributed by atoms with Crippen molar-refractivity contribution in [2.75, 3.05) is 19.0 Å². The summed E-state index contributed by atoms with van der Waals surface area (Å²) in [5.41, 5.74) is 2.09. The number of nitrogens with one attached hydrogen (secondary N) is 2. The molecule has 2 amide bonds. The highest BCUT2D eigenvalue weighted by Gasteiger charge is 2.21. The normalized spacial score (nSPS) is 11.2. The third kappa shape index (κ3) is 10.7. The molecule has 4 aromatic rings. The van der Waals surface area contributed by atoms with Crippen LogP contribution in [0, 0.1) is 0 Å². The zero-order valence-corrected chi connectivity index (χ0v) is 27.1. The molecule has 1 atom stereocenters. The van der Waals surface area contributed by atoms with Crippen molar-refractivity contribution < 1.29 is 38.5 Å². The molecule has 0 aromatic heterocycles. The average molecular weight is 653 g/mol. The maximum Gasteiger partial charge on any atom is 0.343 e. The van der Waals surface area contributed by atoms with Crippen LogP contribution in [0.3, 0.4) is 0 Å². The molecule has 0 aliphatic carbocycles. The van der Waals surface area contributed by atoms with Gasteiger partial charge in [0.15, 0.2) is 0 Å². The number of amides is 2. The number of ether oxygens (including phenoxy) is 3. The SMILES string of the molecule is CCCCCCCOc1ccc(C(=O)Oc2ccc(C[C@H](NC(=O)c3ccc(NC(=O)c4cccc(OC)c4)cc3)C(=O)O)cc2)cc1. The second-order valence-corrected chi connectivity index (χ2v) is 11.2. The molecule has 48 heavy (non-hydrogen) atoms. The highest BCUT2D eigenvalue weighted by atomic mass is 16.5. The lowest BCUT2D eigenvalue weighted by molar-refractivity contribution is -0.139. The molecule has 0 bridgehead atoms. The number of esters is 1.